The van der Waals surface area contributed by atoms with E-state index < -0.39 is 0 Å². The number of aliphatic hydroxyl groups excluding tert-OH is 1. The molecule has 1 amide bonds. The molecule has 112 valence electrons. The Balaban J connectivity index is 2.47. The van der Waals surface area contributed by atoms with Gasteiger partial charge in [-0.2, -0.15) is 0 Å². The minimum absolute atomic E-state index is 0.0404. The third-order valence-electron chi connectivity index (χ3n) is 2.81. The number of hydrogen-bond donors (Lipinski definition) is 2. The summed E-state index contributed by atoms with van der Waals surface area (Å²) in [6, 6.07) is 0. The molecule has 5 heteroatoms. The van der Waals surface area contributed by atoms with Crippen molar-refractivity contribution < 1.29 is 9.90 Å². The van der Waals surface area contributed by atoms with Crippen molar-refractivity contribution >= 4 is 23.3 Å². The van der Waals surface area contributed by atoms with Crippen LogP contribution in [0.15, 0.2) is 12.3 Å². The molecule has 0 saturated heterocycles. The number of carbonyl (C=O) groups is 1. The van der Waals surface area contributed by atoms with Crippen molar-refractivity contribution in [2.75, 3.05) is 13.2 Å². The predicted molar refractivity (Wildman–Crippen MR) is 83.7 cm³/mol. The van der Waals surface area contributed by atoms with E-state index in [0.717, 1.165) is 9.88 Å². The van der Waals surface area contributed by atoms with E-state index in [1.807, 2.05) is 6.92 Å². The van der Waals surface area contributed by atoms with Gasteiger partial charge in [0.2, 0.25) is 5.91 Å². The highest BCUT2D eigenvalue weighted by atomic mass is 32.1. The molecule has 0 aromatic carbocycles. The number of nitrogens with zero attached hydrogens (tertiary/aromatic N) is 1. The van der Waals surface area contributed by atoms with Gasteiger partial charge in [-0.25, -0.2) is 4.98 Å². The van der Waals surface area contributed by atoms with Crippen molar-refractivity contribution in [1.82, 2.24) is 10.3 Å². The third-order valence-corrected chi connectivity index (χ3v) is 4.20. The van der Waals surface area contributed by atoms with E-state index in [-0.39, 0.29) is 23.8 Å². The largest absolute Gasteiger partial charge is 0.396 e. The number of aliphatic hydroxyl groups is 1. The Morgan fingerprint density at radius 3 is 2.80 bits per heavy atom. The van der Waals surface area contributed by atoms with Crippen LogP contribution in [0.25, 0.3) is 6.08 Å². The second-order valence-electron chi connectivity index (χ2n) is 6.01. The van der Waals surface area contributed by atoms with Crippen LogP contribution in [-0.4, -0.2) is 29.1 Å². The van der Waals surface area contributed by atoms with Gasteiger partial charge < -0.3 is 10.4 Å². The molecule has 0 spiro atoms. The zero-order valence-electron chi connectivity index (χ0n) is 12.6. The SMILES string of the molecule is CC(CCO)CNC(=O)/C=C/c1cnc(C(C)(C)C)s1. The van der Waals surface area contributed by atoms with Crippen LogP contribution in [0, 0.1) is 5.92 Å². The highest BCUT2D eigenvalue weighted by molar-refractivity contribution is 7.12. The van der Waals surface area contributed by atoms with Crippen LogP contribution >= 0.6 is 11.3 Å². The predicted octanol–water partition coefficient (Wildman–Crippen LogP) is 2.59. The molecule has 2 N–H and O–H groups in total. The van der Waals surface area contributed by atoms with E-state index in [1.165, 1.54) is 6.08 Å². The summed E-state index contributed by atoms with van der Waals surface area (Å²) in [5.41, 5.74) is 0.0404. The first kappa shape index (κ1) is 16.9. The lowest BCUT2D eigenvalue weighted by molar-refractivity contribution is -0.116. The summed E-state index contributed by atoms with van der Waals surface area (Å²) in [5.74, 6) is 0.175. The Morgan fingerprint density at radius 2 is 2.25 bits per heavy atom. The Bertz CT molecular complexity index is 461. The summed E-state index contributed by atoms with van der Waals surface area (Å²) in [4.78, 5) is 17.0. The molecule has 0 saturated carbocycles. The lowest BCUT2D eigenvalue weighted by Crippen LogP contribution is -2.26. The van der Waals surface area contributed by atoms with Gasteiger partial charge in [-0.15, -0.1) is 11.3 Å². The second kappa shape index (κ2) is 7.55. The molecule has 1 atom stereocenters. The minimum Gasteiger partial charge on any atom is -0.396 e. The van der Waals surface area contributed by atoms with E-state index in [4.69, 9.17) is 5.11 Å². The maximum absolute atomic E-state index is 11.7. The first-order valence-electron chi connectivity index (χ1n) is 6.86. The van der Waals surface area contributed by atoms with Gasteiger partial charge in [-0.05, 0) is 18.4 Å². The zero-order valence-corrected chi connectivity index (χ0v) is 13.5. The molecular weight excluding hydrogens is 272 g/mol. The van der Waals surface area contributed by atoms with Gasteiger partial charge in [0.05, 0.1) is 5.01 Å². The van der Waals surface area contributed by atoms with Gasteiger partial charge in [0.15, 0.2) is 0 Å². The number of aromatic nitrogens is 1. The van der Waals surface area contributed by atoms with Crippen molar-refractivity contribution in [1.29, 1.82) is 0 Å². The summed E-state index contributed by atoms with van der Waals surface area (Å²) < 4.78 is 0. The molecule has 0 aliphatic heterocycles. The van der Waals surface area contributed by atoms with Crippen LogP contribution in [0.1, 0.15) is 44.0 Å². The number of thiazole rings is 1. The highest BCUT2D eigenvalue weighted by Gasteiger charge is 2.17. The monoisotopic (exact) mass is 296 g/mol. The Labute approximate surface area is 124 Å². The molecule has 1 heterocycles. The van der Waals surface area contributed by atoms with E-state index in [0.29, 0.717) is 13.0 Å². The van der Waals surface area contributed by atoms with Crippen LogP contribution in [0.2, 0.25) is 0 Å². The third kappa shape index (κ3) is 5.84. The van der Waals surface area contributed by atoms with Crippen molar-refractivity contribution in [2.45, 2.75) is 39.5 Å². The fourth-order valence-corrected chi connectivity index (χ4v) is 2.40. The quantitative estimate of drug-likeness (QED) is 0.793. The lowest BCUT2D eigenvalue weighted by atomic mass is 9.98. The number of carbonyl (C=O) groups excluding carboxylic acids is 1. The highest BCUT2D eigenvalue weighted by Crippen LogP contribution is 2.27. The van der Waals surface area contributed by atoms with Gasteiger partial charge in [0, 0.05) is 35.7 Å². The smallest absolute Gasteiger partial charge is 0.244 e. The topological polar surface area (TPSA) is 62.2 Å². The second-order valence-corrected chi connectivity index (χ2v) is 7.08. The van der Waals surface area contributed by atoms with E-state index in [9.17, 15) is 4.79 Å². The molecular formula is C15H24N2O2S. The minimum atomic E-state index is -0.111. The molecule has 0 fully saturated rings. The molecule has 0 radical (unpaired) electrons. The average Bonchev–Trinajstić information content (AvgIpc) is 2.83. The molecule has 1 rings (SSSR count). The summed E-state index contributed by atoms with van der Waals surface area (Å²) in [5, 5.41) is 12.7. The molecule has 4 nitrogen and oxygen atoms in total. The molecule has 1 aromatic heterocycles. The van der Waals surface area contributed by atoms with E-state index in [2.05, 4.69) is 31.1 Å². The number of hydrogen-bond acceptors (Lipinski definition) is 4. The molecule has 0 bridgehead atoms. The maximum atomic E-state index is 11.7. The Morgan fingerprint density at radius 1 is 1.55 bits per heavy atom. The Hall–Kier alpha value is -1.20. The summed E-state index contributed by atoms with van der Waals surface area (Å²) >= 11 is 1.60. The van der Waals surface area contributed by atoms with Gasteiger partial charge in [-0.1, -0.05) is 27.7 Å². The van der Waals surface area contributed by atoms with Crippen molar-refractivity contribution in [3.8, 4) is 0 Å². The number of rotatable bonds is 6. The number of amides is 1. The summed E-state index contributed by atoms with van der Waals surface area (Å²) in [7, 11) is 0. The molecule has 1 aromatic rings. The lowest BCUT2D eigenvalue weighted by Gasteiger charge is -2.13. The van der Waals surface area contributed by atoms with Crippen LogP contribution in [0.4, 0.5) is 0 Å². The van der Waals surface area contributed by atoms with Crippen molar-refractivity contribution in [3.63, 3.8) is 0 Å². The summed E-state index contributed by atoms with van der Waals surface area (Å²) in [6.07, 6.45) is 5.82. The molecule has 1 unspecified atom stereocenters. The van der Waals surface area contributed by atoms with E-state index in [1.54, 1.807) is 23.6 Å². The zero-order chi connectivity index (χ0) is 15.2. The van der Waals surface area contributed by atoms with Gasteiger partial charge in [0.1, 0.15) is 0 Å². The molecule has 0 aliphatic rings. The van der Waals surface area contributed by atoms with Gasteiger partial charge in [-0.3, -0.25) is 4.79 Å². The average molecular weight is 296 g/mol. The first-order valence-corrected chi connectivity index (χ1v) is 7.67. The fraction of sp³-hybridized carbons (Fsp3) is 0.600. The standard InChI is InChI=1S/C15H24N2O2S/c1-11(7-8-18)9-16-13(19)6-5-12-10-17-14(20-12)15(2,3)4/h5-6,10-11,18H,7-9H2,1-4H3,(H,16,19)/b6-5+. The van der Waals surface area contributed by atoms with Crippen LogP contribution in [-0.2, 0) is 10.2 Å². The molecule has 0 aliphatic carbocycles. The van der Waals surface area contributed by atoms with Crippen molar-refractivity contribution in [2.24, 2.45) is 5.92 Å². The van der Waals surface area contributed by atoms with Crippen LogP contribution in [0.5, 0.6) is 0 Å². The van der Waals surface area contributed by atoms with E-state index >= 15 is 0 Å². The number of nitrogens with one attached hydrogen (secondary N) is 1. The van der Waals surface area contributed by atoms with Crippen molar-refractivity contribution in [3.05, 3.63) is 22.2 Å². The van der Waals surface area contributed by atoms with Crippen LogP contribution in [0.3, 0.4) is 0 Å². The molecule has 20 heavy (non-hydrogen) atoms. The summed E-state index contributed by atoms with van der Waals surface area (Å²) in [6.45, 7) is 9.10. The Kier molecular flexibility index (Phi) is 6.36. The normalized spacial score (nSPS) is 13.7. The van der Waals surface area contributed by atoms with Crippen LogP contribution < -0.4 is 5.32 Å². The van der Waals surface area contributed by atoms with Gasteiger partial charge in [0.25, 0.3) is 0 Å². The first-order chi connectivity index (χ1) is 9.32. The van der Waals surface area contributed by atoms with Gasteiger partial charge >= 0.3 is 0 Å². The fourth-order valence-electron chi connectivity index (χ4n) is 1.52. The maximum Gasteiger partial charge on any atom is 0.244 e.